The first-order valence-corrected chi connectivity index (χ1v) is 12.0. The molecule has 0 fully saturated rings. The molecule has 34 heavy (non-hydrogen) atoms. The number of hydrogen-bond donors (Lipinski definition) is 2. The molecule has 0 saturated heterocycles. The van der Waals surface area contributed by atoms with Crippen LogP contribution in [0.1, 0.15) is 22.3 Å². The Morgan fingerprint density at radius 1 is 0.471 bits per heavy atom. The molecule has 0 atom stereocenters. The fourth-order valence-electron chi connectivity index (χ4n) is 4.17. The summed E-state index contributed by atoms with van der Waals surface area (Å²) in [5.74, 6) is 0. The standard InChI is InChI=1S/C30H23BO2S/c32-31(33)28-21-20-27(34-28)22-16-18-26(19-17-22)30(25-14-8-3-9-15-25)29(23-10-4-1-5-11-23)24-12-6-2-7-13-24/h1-21,32-33H. The molecule has 164 valence electrons. The summed E-state index contributed by atoms with van der Waals surface area (Å²) in [6, 6.07) is 43.7. The predicted molar refractivity (Wildman–Crippen MR) is 144 cm³/mol. The maximum absolute atomic E-state index is 9.46. The van der Waals surface area contributed by atoms with E-state index in [9.17, 15) is 10.0 Å². The quantitative estimate of drug-likeness (QED) is 0.238. The van der Waals surface area contributed by atoms with Gasteiger partial charge >= 0.3 is 7.12 Å². The van der Waals surface area contributed by atoms with Gasteiger partial charge in [-0.1, -0.05) is 121 Å². The first kappa shape index (κ1) is 22.1. The molecule has 0 aliphatic carbocycles. The lowest BCUT2D eigenvalue weighted by atomic mass is 9.85. The minimum atomic E-state index is -1.44. The zero-order chi connectivity index (χ0) is 23.3. The third-order valence-electron chi connectivity index (χ3n) is 5.78. The Morgan fingerprint density at radius 3 is 1.26 bits per heavy atom. The molecule has 0 saturated carbocycles. The Kier molecular flexibility index (Phi) is 6.54. The van der Waals surface area contributed by atoms with Crippen molar-refractivity contribution in [2.24, 2.45) is 0 Å². The van der Waals surface area contributed by atoms with E-state index in [0.717, 1.165) is 32.7 Å². The summed E-state index contributed by atoms with van der Waals surface area (Å²) in [5, 5.41) is 18.9. The van der Waals surface area contributed by atoms with Crippen LogP contribution >= 0.6 is 11.3 Å². The van der Waals surface area contributed by atoms with E-state index in [1.54, 1.807) is 6.07 Å². The summed E-state index contributed by atoms with van der Waals surface area (Å²) in [6.07, 6.45) is 0. The Labute approximate surface area is 204 Å². The monoisotopic (exact) mass is 458 g/mol. The molecule has 0 unspecified atom stereocenters. The molecular formula is C30H23BO2S. The van der Waals surface area contributed by atoms with Gasteiger partial charge in [0.2, 0.25) is 0 Å². The van der Waals surface area contributed by atoms with Crippen LogP contribution in [0.5, 0.6) is 0 Å². The molecule has 0 aliphatic heterocycles. The molecule has 1 heterocycles. The van der Waals surface area contributed by atoms with E-state index >= 15 is 0 Å². The van der Waals surface area contributed by atoms with E-state index in [2.05, 4.69) is 97.1 Å². The van der Waals surface area contributed by atoms with Gasteiger partial charge in [-0.3, -0.25) is 0 Å². The van der Waals surface area contributed by atoms with Gasteiger partial charge in [0, 0.05) is 9.65 Å². The molecule has 0 radical (unpaired) electrons. The van der Waals surface area contributed by atoms with Crippen LogP contribution in [-0.4, -0.2) is 17.2 Å². The SMILES string of the molecule is OB(O)c1ccc(-c2ccc(C(=C(c3ccccc3)c3ccccc3)c3ccccc3)cc2)s1. The Morgan fingerprint density at radius 2 is 0.882 bits per heavy atom. The van der Waals surface area contributed by atoms with Crippen molar-refractivity contribution in [2.45, 2.75) is 0 Å². The lowest BCUT2D eigenvalue weighted by Crippen LogP contribution is -2.26. The smallest absolute Gasteiger partial charge is 0.423 e. The van der Waals surface area contributed by atoms with Gasteiger partial charge in [0.1, 0.15) is 0 Å². The lowest BCUT2D eigenvalue weighted by molar-refractivity contribution is 0.427. The molecule has 0 amide bonds. The van der Waals surface area contributed by atoms with Crippen LogP contribution in [-0.2, 0) is 0 Å². The van der Waals surface area contributed by atoms with E-state index in [0.29, 0.717) is 4.78 Å². The van der Waals surface area contributed by atoms with Crippen molar-refractivity contribution in [1.29, 1.82) is 0 Å². The highest BCUT2D eigenvalue weighted by Crippen LogP contribution is 2.37. The van der Waals surface area contributed by atoms with Crippen LogP contribution in [0.3, 0.4) is 0 Å². The summed E-state index contributed by atoms with van der Waals surface area (Å²) in [4.78, 5) is 1.01. The number of thiophene rings is 1. The molecule has 2 nitrogen and oxygen atoms in total. The van der Waals surface area contributed by atoms with Gasteiger partial charge < -0.3 is 10.0 Å². The first-order chi connectivity index (χ1) is 16.7. The van der Waals surface area contributed by atoms with E-state index < -0.39 is 7.12 Å². The van der Waals surface area contributed by atoms with Gasteiger partial charge in [-0.2, -0.15) is 0 Å². The predicted octanol–water partition coefficient (Wildman–Crippen LogP) is 6.10. The zero-order valence-electron chi connectivity index (χ0n) is 18.5. The van der Waals surface area contributed by atoms with E-state index in [-0.39, 0.29) is 0 Å². The fraction of sp³-hybridized carbons (Fsp3) is 0. The van der Waals surface area contributed by atoms with Gasteiger partial charge in [0.05, 0.1) is 0 Å². The topological polar surface area (TPSA) is 40.5 Å². The highest BCUT2D eigenvalue weighted by atomic mass is 32.1. The van der Waals surface area contributed by atoms with Gasteiger partial charge in [-0.15, -0.1) is 11.3 Å². The summed E-state index contributed by atoms with van der Waals surface area (Å²) >= 11 is 1.39. The number of rotatable bonds is 6. The first-order valence-electron chi connectivity index (χ1n) is 11.2. The van der Waals surface area contributed by atoms with E-state index in [1.807, 2.05) is 24.3 Å². The second-order valence-electron chi connectivity index (χ2n) is 8.00. The zero-order valence-corrected chi connectivity index (χ0v) is 19.3. The van der Waals surface area contributed by atoms with Crippen molar-refractivity contribution in [1.82, 2.24) is 0 Å². The largest absolute Gasteiger partial charge is 0.499 e. The summed E-state index contributed by atoms with van der Waals surface area (Å²) < 4.78 is 0.541. The van der Waals surface area contributed by atoms with Gasteiger partial charge in [-0.05, 0) is 45.0 Å². The van der Waals surface area contributed by atoms with Crippen LogP contribution < -0.4 is 4.78 Å². The van der Waals surface area contributed by atoms with Gasteiger partial charge in [0.25, 0.3) is 0 Å². The molecule has 1 aromatic heterocycles. The van der Waals surface area contributed by atoms with Crippen molar-refractivity contribution in [3.8, 4) is 10.4 Å². The molecule has 4 heteroatoms. The molecule has 2 N–H and O–H groups in total. The Bertz CT molecular complexity index is 1350. The number of benzene rings is 4. The van der Waals surface area contributed by atoms with Crippen molar-refractivity contribution in [2.75, 3.05) is 0 Å². The van der Waals surface area contributed by atoms with Crippen molar-refractivity contribution >= 4 is 34.4 Å². The maximum atomic E-state index is 9.46. The Balaban J connectivity index is 1.70. The number of hydrogen-bond acceptors (Lipinski definition) is 3. The second-order valence-corrected chi connectivity index (χ2v) is 9.12. The van der Waals surface area contributed by atoms with Crippen LogP contribution in [0.4, 0.5) is 0 Å². The van der Waals surface area contributed by atoms with Crippen LogP contribution in [0.25, 0.3) is 21.6 Å². The lowest BCUT2D eigenvalue weighted by Gasteiger charge is -2.18. The second kappa shape index (κ2) is 10.1. The van der Waals surface area contributed by atoms with Gasteiger partial charge in [0.15, 0.2) is 0 Å². The maximum Gasteiger partial charge on any atom is 0.499 e. The highest BCUT2D eigenvalue weighted by molar-refractivity contribution is 7.24. The minimum Gasteiger partial charge on any atom is -0.423 e. The van der Waals surface area contributed by atoms with Crippen molar-refractivity contribution < 1.29 is 10.0 Å². The van der Waals surface area contributed by atoms with Gasteiger partial charge in [-0.25, -0.2) is 0 Å². The Hall–Kier alpha value is -3.70. The van der Waals surface area contributed by atoms with Crippen molar-refractivity contribution in [3.63, 3.8) is 0 Å². The van der Waals surface area contributed by atoms with Crippen molar-refractivity contribution in [3.05, 3.63) is 150 Å². The van der Waals surface area contributed by atoms with Crippen LogP contribution in [0.15, 0.2) is 127 Å². The summed E-state index contributed by atoms with van der Waals surface area (Å²) in [7, 11) is -1.44. The van der Waals surface area contributed by atoms with E-state index in [4.69, 9.17) is 0 Å². The minimum absolute atomic E-state index is 0.541. The molecule has 5 rings (SSSR count). The third-order valence-corrected chi connectivity index (χ3v) is 6.95. The van der Waals surface area contributed by atoms with E-state index in [1.165, 1.54) is 22.5 Å². The summed E-state index contributed by atoms with van der Waals surface area (Å²) in [6.45, 7) is 0. The molecule has 0 spiro atoms. The molecule has 0 bridgehead atoms. The molecule has 5 aromatic rings. The fourth-order valence-corrected chi connectivity index (χ4v) is 5.06. The average Bonchev–Trinajstić information content (AvgIpc) is 3.40. The van der Waals surface area contributed by atoms with Crippen LogP contribution in [0, 0.1) is 0 Å². The summed E-state index contributed by atoms with van der Waals surface area (Å²) in [5.41, 5.74) is 8.00. The molecular weight excluding hydrogens is 435 g/mol. The third kappa shape index (κ3) is 4.66. The van der Waals surface area contributed by atoms with Crippen LogP contribution in [0.2, 0.25) is 0 Å². The average molecular weight is 458 g/mol. The highest BCUT2D eigenvalue weighted by Gasteiger charge is 2.17. The normalized spacial score (nSPS) is 10.6. The molecule has 4 aromatic carbocycles. The molecule has 0 aliphatic rings.